The van der Waals surface area contributed by atoms with Crippen LogP contribution < -0.4 is 5.73 Å². The van der Waals surface area contributed by atoms with Crippen molar-refractivity contribution in [3.63, 3.8) is 0 Å². The summed E-state index contributed by atoms with van der Waals surface area (Å²) in [6.07, 6.45) is 3.88. The molecular weight excluding hydrogens is 208 g/mol. The molecule has 0 spiro atoms. The van der Waals surface area contributed by atoms with E-state index < -0.39 is 0 Å². The van der Waals surface area contributed by atoms with E-state index >= 15 is 0 Å². The highest BCUT2D eigenvalue weighted by molar-refractivity contribution is 5.81. The fourth-order valence-corrected chi connectivity index (χ4v) is 3.39. The molecule has 0 bridgehead atoms. The molecule has 0 aliphatic heterocycles. The third-order valence-corrected chi connectivity index (χ3v) is 4.19. The first-order chi connectivity index (χ1) is 8.31. The Labute approximate surface area is 102 Å². The van der Waals surface area contributed by atoms with Crippen LogP contribution in [0.15, 0.2) is 30.3 Å². The summed E-state index contributed by atoms with van der Waals surface area (Å²) in [6, 6.07) is 11.6. The van der Waals surface area contributed by atoms with Crippen LogP contribution in [0.1, 0.15) is 31.0 Å². The molecule has 0 radical (unpaired) electrons. The van der Waals surface area contributed by atoms with Crippen molar-refractivity contribution in [2.75, 3.05) is 6.54 Å². The van der Waals surface area contributed by atoms with Crippen molar-refractivity contribution < 1.29 is 0 Å². The van der Waals surface area contributed by atoms with Gasteiger partial charge in [-0.25, -0.2) is 0 Å². The van der Waals surface area contributed by atoms with Gasteiger partial charge in [0.2, 0.25) is 0 Å². The van der Waals surface area contributed by atoms with Crippen LogP contribution in [-0.4, -0.2) is 11.1 Å². The van der Waals surface area contributed by atoms with E-state index in [1.54, 1.807) is 0 Å². The molecule has 2 atom stereocenters. The van der Waals surface area contributed by atoms with Crippen LogP contribution in [0.3, 0.4) is 0 Å². The highest BCUT2D eigenvalue weighted by Gasteiger charge is 2.28. The predicted octanol–water partition coefficient (Wildman–Crippen LogP) is 3.25. The van der Waals surface area contributed by atoms with Gasteiger partial charge in [0.25, 0.3) is 0 Å². The van der Waals surface area contributed by atoms with Gasteiger partial charge in [-0.1, -0.05) is 24.6 Å². The summed E-state index contributed by atoms with van der Waals surface area (Å²) in [5.74, 6) is 0.657. The number of hydrogen-bond acceptors (Lipinski definition) is 1. The molecule has 2 N–H and O–H groups in total. The molecule has 1 aliphatic carbocycles. The maximum Gasteiger partial charge on any atom is 0.0485 e. The monoisotopic (exact) mass is 228 g/mol. The van der Waals surface area contributed by atoms with Crippen molar-refractivity contribution in [1.82, 2.24) is 4.57 Å². The number of fused-ring (bicyclic) bond motifs is 1. The Morgan fingerprint density at radius 3 is 2.94 bits per heavy atom. The van der Waals surface area contributed by atoms with Crippen LogP contribution in [0.5, 0.6) is 0 Å². The first-order valence-electron chi connectivity index (χ1n) is 6.58. The Balaban J connectivity index is 2.13. The topological polar surface area (TPSA) is 30.9 Å². The lowest BCUT2D eigenvalue weighted by molar-refractivity contribution is 0.392. The molecule has 1 aliphatic rings. The first kappa shape index (κ1) is 10.8. The van der Waals surface area contributed by atoms with Gasteiger partial charge in [0.05, 0.1) is 0 Å². The van der Waals surface area contributed by atoms with Gasteiger partial charge in [-0.3, -0.25) is 0 Å². The van der Waals surface area contributed by atoms with E-state index in [0.717, 1.165) is 6.54 Å². The molecular formula is C15H20N2. The van der Waals surface area contributed by atoms with E-state index in [9.17, 15) is 0 Å². The van der Waals surface area contributed by atoms with E-state index in [1.165, 1.54) is 35.9 Å². The maximum atomic E-state index is 5.91. The molecule has 0 saturated heterocycles. The minimum absolute atomic E-state index is 0.611. The van der Waals surface area contributed by atoms with E-state index in [2.05, 4.69) is 41.8 Å². The summed E-state index contributed by atoms with van der Waals surface area (Å²) >= 11 is 0. The Bertz CT molecular complexity index is 527. The van der Waals surface area contributed by atoms with Crippen molar-refractivity contribution in [2.45, 2.75) is 32.2 Å². The Morgan fingerprint density at radius 1 is 1.29 bits per heavy atom. The van der Waals surface area contributed by atoms with Crippen LogP contribution in [0, 0.1) is 12.8 Å². The summed E-state index contributed by atoms with van der Waals surface area (Å²) in [4.78, 5) is 0. The molecule has 2 unspecified atom stereocenters. The minimum Gasteiger partial charge on any atom is -0.341 e. The summed E-state index contributed by atoms with van der Waals surface area (Å²) in [5.41, 5.74) is 8.65. The van der Waals surface area contributed by atoms with Crippen LogP contribution in [0.2, 0.25) is 0 Å². The highest BCUT2D eigenvalue weighted by Crippen LogP contribution is 2.38. The lowest BCUT2D eigenvalue weighted by Crippen LogP contribution is -2.22. The van der Waals surface area contributed by atoms with Crippen LogP contribution in [-0.2, 0) is 0 Å². The Hall–Kier alpha value is -1.28. The molecule has 1 aromatic heterocycles. The number of hydrogen-bond donors (Lipinski definition) is 1. The van der Waals surface area contributed by atoms with E-state index in [1.807, 2.05) is 0 Å². The quantitative estimate of drug-likeness (QED) is 0.840. The number of rotatable bonds is 2. The summed E-state index contributed by atoms with van der Waals surface area (Å²) in [6.45, 7) is 3.03. The molecule has 2 heteroatoms. The van der Waals surface area contributed by atoms with Gasteiger partial charge in [-0.05, 0) is 49.7 Å². The molecule has 3 rings (SSSR count). The first-order valence-corrected chi connectivity index (χ1v) is 6.58. The molecule has 1 aromatic carbocycles. The van der Waals surface area contributed by atoms with Crippen molar-refractivity contribution in [1.29, 1.82) is 0 Å². The SMILES string of the molecule is Cc1cc2ccccc2n1C1CCCC1CN. The smallest absolute Gasteiger partial charge is 0.0485 e. The Kier molecular flexibility index (Phi) is 2.67. The second-order valence-corrected chi connectivity index (χ2v) is 5.21. The lowest BCUT2D eigenvalue weighted by atomic mass is 10.0. The zero-order valence-corrected chi connectivity index (χ0v) is 10.4. The molecule has 17 heavy (non-hydrogen) atoms. The molecule has 90 valence electrons. The normalized spacial score (nSPS) is 24.6. The molecule has 2 nitrogen and oxygen atoms in total. The number of nitrogens with zero attached hydrogens (tertiary/aromatic N) is 1. The van der Waals surface area contributed by atoms with E-state index in [4.69, 9.17) is 5.73 Å². The molecule has 1 heterocycles. The third-order valence-electron chi connectivity index (χ3n) is 4.19. The summed E-state index contributed by atoms with van der Waals surface area (Å²) in [7, 11) is 0. The predicted molar refractivity (Wildman–Crippen MR) is 72.1 cm³/mol. The number of aryl methyl sites for hydroxylation is 1. The average Bonchev–Trinajstić information content (AvgIpc) is 2.90. The fourth-order valence-electron chi connectivity index (χ4n) is 3.39. The van der Waals surface area contributed by atoms with Gasteiger partial charge in [-0.2, -0.15) is 0 Å². The van der Waals surface area contributed by atoms with Gasteiger partial charge in [-0.15, -0.1) is 0 Å². The van der Waals surface area contributed by atoms with Crippen LogP contribution in [0.25, 0.3) is 10.9 Å². The Morgan fingerprint density at radius 2 is 2.12 bits per heavy atom. The number of aromatic nitrogens is 1. The van der Waals surface area contributed by atoms with Crippen molar-refractivity contribution in [3.8, 4) is 0 Å². The largest absolute Gasteiger partial charge is 0.341 e. The lowest BCUT2D eigenvalue weighted by Gasteiger charge is -2.23. The standard InChI is InChI=1S/C15H20N2/c1-11-9-12-5-2-3-7-14(12)17(11)15-8-4-6-13(15)10-16/h2-3,5,7,9,13,15H,4,6,8,10,16H2,1H3. The van der Waals surface area contributed by atoms with Gasteiger partial charge in [0.1, 0.15) is 0 Å². The van der Waals surface area contributed by atoms with Crippen molar-refractivity contribution >= 4 is 10.9 Å². The van der Waals surface area contributed by atoms with Gasteiger partial charge in [0.15, 0.2) is 0 Å². The minimum atomic E-state index is 0.611. The molecule has 1 saturated carbocycles. The summed E-state index contributed by atoms with van der Waals surface area (Å²) < 4.78 is 2.51. The third kappa shape index (κ3) is 1.67. The van der Waals surface area contributed by atoms with Gasteiger partial charge >= 0.3 is 0 Å². The fraction of sp³-hybridized carbons (Fsp3) is 0.467. The molecule has 0 amide bonds. The number of para-hydroxylation sites is 1. The number of nitrogens with two attached hydrogens (primary N) is 1. The maximum absolute atomic E-state index is 5.91. The zero-order chi connectivity index (χ0) is 11.8. The zero-order valence-electron chi connectivity index (χ0n) is 10.4. The van der Waals surface area contributed by atoms with Crippen molar-refractivity contribution in [2.24, 2.45) is 11.7 Å². The van der Waals surface area contributed by atoms with Crippen LogP contribution >= 0.6 is 0 Å². The van der Waals surface area contributed by atoms with E-state index in [0.29, 0.717) is 12.0 Å². The molecule has 1 fully saturated rings. The summed E-state index contributed by atoms with van der Waals surface area (Å²) in [5, 5.41) is 1.35. The second kappa shape index (κ2) is 4.19. The number of benzene rings is 1. The van der Waals surface area contributed by atoms with Gasteiger partial charge in [0, 0.05) is 17.3 Å². The van der Waals surface area contributed by atoms with Gasteiger partial charge < -0.3 is 10.3 Å². The second-order valence-electron chi connectivity index (χ2n) is 5.21. The van der Waals surface area contributed by atoms with Crippen LogP contribution in [0.4, 0.5) is 0 Å². The average molecular weight is 228 g/mol. The van der Waals surface area contributed by atoms with Crippen molar-refractivity contribution in [3.05, 3.63) is 36.0 Å². The van der Waals surface area contributed by atoms with E-state index in [-0.39, 0.29) is 0 Å². The molecule has 2 aromatic rings. The highest BCUT2D eigenvalue weighted by atomic mass is 15.0.